The number of hydrogen-bond acceptors (Lipinski definition) is 4. The number of anilines is 1. The number of phenolic OH excluding ortho intramolecular Hbond substituents is 1. The number of aliphatic hydroxyl groups excluding tert-OH is 1. The number of pyridine rings is 1. The lowest BCUT2D eigenvalue weighted by atomic mass is 9.97. The minimum Gasteiger partial charge on any atom is -0.507 e. The van der Waals surface area contributed by atoms with E-state index in [1.165, 1.54) is 6.07 Å². The first-order chi connectivity index (χ1) is 12.6. The number of aromatic hydroxyl groups is 1. The number of phenols is 1. The van der Waals surface area contributed by atoms with Crippen molar-refractivity contribution in [2.24, 2.45) is 0 Å². The van der Waals surface area contributed by atoms with Gasteiger partial charge in [-0.3, -0.25) is 4.98 Å². The molecule has 0 saturated carbocycles. The quantitative estimate of drug-likeness (QED) is 0.744. The summed E-state index contributed by atoms with van der Waals surface area (Å²) < 4.78 is 14.7. The molecule has 1 fully saturated rings. The van der Waals surface area contributed by atoms with Crippen LogP contribution in [0.25, 0.3) is 22.3 Å². The van der Waals surface area contributed by atoms with Gasteiger partial charge in [0.25, 0.3) is 0 Å². The molecule has 3 aromatic rings. The van der Waals surface area contributed by atoms with Gasteiger partial charge in [-0.2, -0.15) is 0 Å². The predicted octanol–water partition coefficient (Wildman–Crippen LogP) is 4.18. The minimum atomic E-state index is -0.640. The average molecular weight is 350 g/mol. The number of para-hydroxylation sites is 1. The molecule has 2 N–H and O–H groups in total. The lowest BCUT2D eigenvalue weighted by molar-refractivity contribution is 0.185. The number of benzene rings is 2. The molecule has 5 heteroatoms. The molecule has 1 aliphatic rings. The molecule has 0 bridgehead atoms. The van der Waals surface area contributed by atoms with Crippen LogP contribution in [0.4, 0.5) is 10.1 Å². The smallest absolute Gasteiger partial charge is 0.147 e. The first-order valence-corrected chi connectivity index (χ1v) is 8.62. The number of halogens is 1. The summed E-state index contributed by atoms with van der Waals surface area (Å²) in [5.74, 6) is -0.302. The first-order valence-electron chi connectivity index (χ1n) is 8.62. The number of aliphatic hydroxyl groups is 1. The van der Waals surface area contributed by atoms with Crippen molar-refractivity contribution in [2.45, 2.75) is 19.1 Å². The van der Waals surface area contributed by atoms with E-state index in [4.69, 9.17) is 0 Å². The zero-order chi connectivity index (χ0) is 18.1. The van der Waals surface area contributed by atoms with Crippen LogP contribution in [-0.4, -0.2) is 28.0 Å². The molecule has 0 amide bonds. The van der Waals surface area contributed by atoms with E-state index in [9.17, 15) is 14.6 Å². The van der Waals surface area contributed by atoms with Crippen molar-refractivity contribution in [1.29, 1.82) is 0 Å². The van der Waals surface area contributed by atoms with Crippen LogP contribution in [0.3, 0.4) is 0 Å². The summed E-state index contributed by atoms with van der Waals surface area (Å²) in [4.78, 5) is 5.66. The van der Waals surface area contributed by atoms with E-state index in [0.29, 0.717) is 35.3 Å². The van der Waals surface area contributed by atoms with E-state index in [0.717, 1.165) is 12.0 Å². The van der Waals surface area contributed by atoms with Crippen LogP contribution in [0.15, 0.2) is 60.9 Å². The summed E-state index contributed by atoms with van der Waals surface area (Å²) in [6, 6.07) is 13.9. The fraction of sp³-hybridized carbons (Fsp3) is 0.190. The molecule has 4 rings (SSSR count). The Morgan fingerprint density at radius 3 is 2.38 bits per heavy atom. The summed E-state index contributed by atoms with van der Waals surface area (Å²) in [5, 5.41) is 20.7. The molecule has 26 heavy (non-hydrogen) atoms. The lowest BCUT2D eigenvalue weighted by Crippen LogP contribution is -2.29. The zero-order valence-electron chi connectivity index (χ0n) is 14.1. The Balaban J connectivity index is 1.73. The summed E-state index contributed by atoms with van der Waals surface area (Å²) in [6.45, 7) is 0.639. The summed E-state index contributed by atoms with van der Waals surface area (Å²) >= 11 is 0. The molecular formula is C21H19FN2O2. The molecule has 0 radical (unpaired) electrons. The summed E-state index contributed by atoms with van der Waals surface area (Å²) in [6.07, 6.45) is 4.18. The van der Waals surface area contributed by atoms with Crippen LogP contribution in [0.1, 0.15) is 12.8 Å². The third kappa shape index (κ3) is 2.91. The Kier molecular flexibility index (Phi) is 4.31. The number of hydrogen-bond donors (Lipinski definition) is 2. The van der Waals surface area contributed by atoms with Crippen molar-refractivity contribution >= 4 is 5.69 Å². The Labute approximate surface area is 151 Å². The number of aromatic nitrogens is 1. The topological polar surface area (TPSA) is 56.6 Å². The molecule has 1 saturated heterocycles. The average Bonchev–Trinajstić information content (AvgIpc) is 3.08. The van der Waals surface area contributed by atoms with Gasteiger partial charge in [0.05, 0.1) is 5.69 Å². The van der Waals surface area contributed by atoms with Gasteiger partial charge < -0.3 is 15.1 Å². The normalized spacial score (nSPS) is 16.8. The van der Waals surface area contributed by atoms with Crippen LogP contribution in [0.2, 0.25) is 0 Å². The van der Waals surface area contributed by atoms with Gasteiger partial charge in [-0.1, -0.05) is 24.3 Å². The zero-order valence-corrected chi connectivity index (χ0v) is 14.1. The molecule has 132 valence electrons. The Hall–Kier alpha value is -2.92. The molecule has 2 heterocycles. The molecule has 2 aromatic carbocycles. The van der Waals surface area contributed by atoms with E-state index in [2.05, 4.69) is 4.98 Å². The molecular weight excluding hydrogens is 331 g/mol. The monoisotopic (exact) mass is 350 g/mol. The van der Waals surface area contributed by atoms with Gasteiger partial charge >= 0.3 is 0 Å². The van der Waals surface area contributed by atoms with Crippen molar-refractivity contribution in [1.82, 2.24) is 4.98 Å². The SMILES string of the molecule is Oc1c(-c2ccncc2)cccc1-c1ccc(N2CCCC2O)c(F)c1. The Morgan fingerprint density at radius 1 is 1.00 bits per heavy atom. The number of nitrogens with zero attached hydrogens (tertiary/aromatic N) is 2. The van der Waals surface area contributed by atoms with E-state index in [1.807, 2.05) is 24.3 Å². The maximum absolute atomic E-state index is 14.7. The van der Waals surface area contributed by atoms with Crippen LogP contribution in [0, 0.1) is 5.82 Å². The molecule has 0 spiro atoms. The van der Waals surface area contributed by atoms with Gasteiger partial charge in [0, 0.05) is 30.1 Å². The standard InChI is InChI=1S/C21H19FN2O2/c22-18-13-15(6-7-19(18)24-12-2-5-20(24)25)17-4-1-3-16(21(17)26)14-8-10-23-11-9-14/h1,3-4,6-11,13,20,25-26H,2,5,12H2. The highest BCUT2D eigenvalue weighted by molar-refractivity contribution is 5.82. The van der Waals surface area contributed by atoms with Crippen LogP contribution in [-0.2, 0) is 0 Å². The van der Waals surface area contributed by atoms with Crippen LogP contribution >= 0.6 is 0 Å². The van der Waals surface area contributed by atoms with Crippen LogP contribution in [0.5, 0.6) is 5.75 Å². The van der Waals surface area contributed by atoms with Crippen molar-refractivity contribution in [3.05, 3.63) is 66.7 Å². The summed E-state index contributed by atoms with van der Waals surface area (Å²) in [7, 11) is 0. The largest absolute Gasteiger partial charge is 0.507 e. The molecule has 1 aliphatic heterocycles. The van der Waals surface area contributed by atoms with Gasteiger partial charge in [-0.15, -0.1) is 0 Å². The van der Waals surface area contributed by atoms with Gasteiger partial charge in [0.15, 0.2) is 0 Å². The third-order valence-corrected chi connectivity index (χ3v) is 4.82. The molecule has 4 nitrogen and oxygen atoms in total. The fourth-order valence-corrected chi connectivity index (χ4v) is 3.48. The molecule has 1 aromatic heterocycles. The van der Waals surface area contributed by atoms with E-state index < -0.39 is 12.0 Å². The highest BCUT2D eigenvalue weighted by atomic mass is 19.1. The molecule has 1 unspecified atom stereocenters. The second kappa shape index (κ2) is 6.77. The van der Waals surface area contributed by atoms with Crippen molar-refractivity contribution in [3.8, 4) is 28.0 Å². The second-order valence-electron chi connectivity index (χ2n) is 6.42. The van der Waals surface area contributed by atoms with Crippen molar-refractivity contribution in [2.75, 3.05) is 11.4 Å². The molecule has 0 aliphatic carbocycles. The Bertz CT molecular complexity index is 931. The highest BCUT2D eigenvalue weighted by Crippen LogP contribution is 2.39. The lowest BCUT2D eigenvalue weighted by Gasteiger charge is -2.23. The molecule has 1 atom stereocenters. The van der Waals surface area contributed by atoms with Gasteiger partial charge in [0.1, 0.15) is 17.8 Å². The van der Waals surface area contributed by atoms with E-state index >= 15 is 0 Å². The first kappa shape index (κ1) is 16.5. The maximum Gasteiger partial charge on any atom is 0.147 e. The van der Waals surface area contributed by atoms with E-state index in [-0.39, 0.29) is 5.75 Å². The van der Waals surface area contributed by atoms with Crippen molar-refractivity contribution in [3.63, 3.8) is 0 Å². The van der Waals surface area contributed by atoms with Gasteiger partial charge in [-0.25, -0.2) is 4.39 Å². The van der Waals surface area contributed by atoms with Gasteiger partial charge in [-0.05, 0) is 48.2 Å². The second-order valence-corrected chi connectivity index (χ2v) is 6.42. The van der Waals surface area contributed by atoms with E-state index in [1.54, 1.807) is 35.5 Å². The number of rotatable bonds is 3. The summed E-state index contributed by atoms with van der Waals surface area (Å²) in [5.41, 5.74) is 3.06. The fourth-order valence-electron chi connectivity index (χ4n) is 3.48. The van der Waals surface area contributed by atoms with Crippen molar-refractivity contribution < 1.29 is 14.6 Å². The minimum absolute atomic E-state index is 0.104. The van der Waals surface area contributed by atoms with Gasteiger partial charge in [0.2, 0.25) is 0 Å². The highest BCUT2D eigenvalue weighted by Gasteiger charge is 2.25. The Morgan fingerprint density at radius 2 is 1.73 bits per heavy atom. The predicted molar refractivity (Wildman–Crippen MR) is 99.3 cm³/mol. The maximum atomic E-state index is 14.7. The third-order valence-electron chi connectivity index (χ3n) is 4.82. The van der Waals surface area contributed by atoms with Crippen LogP contribution < -0.4 is 4.90 Å².